The van der Waals surface area contributed by atoms with Crippen molar-refractivity contribution >= 4 is 11.4 Å². The molecule has 15 heavy (non-hydrogen) atoms. The number of allylic oxidation sites excluding steroid dienone is 4. The van der Waals surface area contributed by atoms with Gasteiger partial charge >= 0.3 is 0 Å². The molecule has 0 bridgehead atoms. The molecule has 0 fully saturated rings. The molecule has 1 aliphatic heterocycles. The first kappa shape index (κ1) is 8.66. The van der Waals surface area contributed by atoms with Gasteiger partial charge in [0, 0.05) is 6.42 Å². The maximum absolute atomic E-state index is 4.67. The van der Waals surface area contributed by atoms with Gasteiger partial charge in [-0.25, -0.2) is 0 Å². The van der Waals surface area contributed by atoms with Gasteiger partial charge in [0.15, 0.2) is 0 Å². The summed E-state index contributed by atoms with van der Waals surface area (Å²) in [5, 5.41) is 0. The third-order valence-corrected chi connectivity index (χ3v) is 2.93. The van der Waals surface area contributed by atoms with Crippen LogP contribution >= 0.6 is 0 Å². The molecule has 0 unspecified atom stereocenters. The molecule has 0 N–H and O–H groups in total. The van der Waals surface area contributed by atoms with Gasteiger partial charge in [0.05, 0.1) is 11.4 Å². The van der Waals surface area contributed by atoms with Gasteiger partial charge < -0.3 is 0 Å². The van der Waals surface area contributed by atoms with Gasteiger partial charge in [-0.3, -0.25) is 4.99 Å². The second-order valence-corrected chi connectivity index (χ2v) is 4.00. The zero-order chi connectivity index (χ0) is 10.1. The van der Waals surface area contributed by atoms with Crippen molar-refractivity contribution in [3.63, 3.8) is 0 Å². The Labute approximate surface area is 89.9 Å². The number of nitrogens with zero attached hydrogens (tertiary/aromatic N) is 1. The van der Waals surface area contributed by atoms with Crippen molar-refractivity contribution in [2.24, 2.45) is 4.99 Å². The van der Waals surface area contributed by atoms with Crippen LogP contribution in [0.25, 0.3) is 0 Å². The fourth-order valence-electron chi connectivity index (χ4n) is 2.13. The second kappa shape index (κ2) is 3.50. The first-order chi connectivity index (χ1) is 7.43. The lowest BCUT2D eigenvalue weighted by Gasteiger charge is -2.05. The van der Waals surface area contributed by atoms with Crippen LogP contribution in [0, 0.1) is 0 Å². The highest BCUT2D eigenvalue weighted by atomic mass is 14.8. The Balaban J connectivity index is 1.94. The van der Waals surface area contributed by atoms with Gasteiger partial charge in [-0.2, -0.15) is 0 Å². The molecule has 0 spiro atoms. The van der Waals surface area contributed by atoms with Crippen molar-refractivity contribution in [3.05, 3.63) is 53.6 Å². The predicted octanol–water partition coefficient (Wildman–Crippen LogP) is 3.59. The van der Waals surface area contributed by atoms with Crippen molar-refractivity contribution in [1.29, 1.82) is 0 Å². The minimum absolute atomic E-state index is 0.992. The molecule has 1 heterocycles. The van der Waals surface area contributed by atoms with Crippen LogP contribution in [-0.2, 0) is 6.42 Å². The van der Waals surface area contributed by atoms with Crippen molar-refractivity contribution in [2.45, 2.75) is 19.3 Å². The van der Waals surface area contributed by atoms with E-state index in [-0.39, 0.29) is 0 Å². The smallest absolute Gasteiger partial charge is 0.0669 e. The Kier molecular flexibility index (Phi) is 2.02. The molecule has 1 aromatic rings. The summed E-state index contributed by atoms with van der Waals surface area (Å²) in [6.07, 6.45) is 10.1. The molecule has 3 rings (SSSR count). The topological polar surface area (TPSA) is 12.4 Å². The zero-order valence-electron chi connectivity index (χ0n) is 8.61. The standard InChI is InChI=1S/C14H13N/c1-2-6-11(7-3-1)14-10-12-8-4-5-9-13(12)15-14/h2,4-9H,1,3,10H2. The average molecular weight is 195 g/mol. The van der Waals surface area contributed by atoms with Crippen molar-refractivity contribution in [1.82, 2.24) is 0 Å². The largest absolute Gasteiger partial charge is 0.252 e. The lowest BCUT2D eigenvalue weighted by atomic mass is 9.99. The van der Waals surface area contributed by atoms with Crippen LogP contribution in [0.5, 0.6) is 0 Å². The Morgan fingerprint density at radius 3 is 2.80 bits per heavy atom. The van der Waals surface area contributed by atoms with Crippen molar-refractivity contribution in [2.75, 3.05) is 0 Å². The molecule has 0 saturated carbocycles. The van der Waals surface area contributed by atoms with Crippen LogP contribution in [0.2, 0.25) is 0 Å². The number of hydrogen-bond acceptors (Lipinski definition) is 1. The van der Waals surface area contributed by atoms with Crippen molar-refractivity contribution < 1.29 is 0 Å². The third-order valence-electron chi connectivity index (χ3n) is 2.93. The van der Waals surface area contributed by atoms with Crippen LogP contribution in [0.4, 0.5) is 5.69 Å². The summed E-state index contributed by atoms with van der Waals surface area (Å²) in [6.45, 7) is 0. The first-order valence-corrected chi connectivity index (χ1v) is 5.46. The number of hydrogen-bond donors (Lipinski definition) is 0. The van der Waals surface area contributed by atoms with Crippen LogP contribution in [0.15, 0.2) is 53.1 Å². The van der Waals surface area contributed by atoms with E-state index in [2.05, 4.69) is 47.5 Å². The van der Waals surface area contributed by atoms with E-state index >= 15 is 0 Å². The molecule has 1 aliphatic carbocycles. The Morgan fingerprint density at radius 2 is 2.00 bits per heavy atom. The van der Waals surface area contributed by atoms with Crippen LogP contribution in [-0.4, -0.2) is 5.71 Å². The Hall–Kier alpha value is -1.63. The van der Waals surface area contributed by atoms with Crippen molar-refractivity contribution in [3.8, 4) is 0 Å². The molecule has 0 aromatic heterocycles. The highest BCUT2D eigenvalue weighted by Crippen LogP contribution is 2.29. The normalized spacial score (nSPS) is 18.4. The molecule has 0 amide bonds. The quantitative estimate of drug-likeness (QED) is 0.649. The molecule has 0 saturated heterocycles. The summed E-state index contributed by atoms with van der Waals surface area (Å²) in [5.74, 6) is 0. The molecular formula is C14H13N. The minimum Gasteiger partial charge on any atom is -0.252 e. The average Bonchev–Trinajstić information content (AvgIpc) is 2.74. The highest BCUT2D eigenvalue weighted by molar-refractivity contribution is 6.08. The molecule has 74 valence electrons. The lowest BCUT2D eigenvalue weighted by molar-refractivity contribution is 1.03. The summed E-state index contributed by atoms with van der Waals surface area (Å²) in [7, 11) is 0. The second-order valence-electron chi connectivity index (χ2n) is 4.00. The summed E-state index contributed by atoms with van der Waals surface area (Å²) in [5.41, 5.74) is 5.05. The van der Waals surface area contributed by atoms with Crippen LogP contribution < -0.4 is 0 Å². The van der Waals surface area contributed by atoms with E-state index in [1.54, 1.807) is 0 Å². The fourth-order valence-corrected chi connectivity index (χ4v) is 2.13. The van der Waals surface area contributed by atoms with Gasteiger partial charge in [0.25, 0.3) is 0 Å². The summed E-state index contributed by atoms with van der Waals surface area (Å²) < 4.78 is 0. The van der Waals surface area contributed by atoms with E-state index < -0.39 is 0 Å². The third kappa shape index (κ3) is 1.54. The number of fused-ring (bicyclic) bond motifs is 1. The van der Waals surface area contributed by atoms with Gasteiger partial charge in [0.1, 0.15) is 0 Å². The van der Waals surface area contributed by atoms with Gasteiger partial charge in [-0.1, -0.05) is 36.4 Å². The van der Waals surface area contributed by atoms with E-state index in [0.717, 1.165) is 18.5 Å². The zero-order valence-corrected chi connectivity index (χ0v) is 8.61. The van der Waals surface area contributed by atoms with Gasteiger partial charge in [-0.15, -0.1) is 0 Å². The predicted molar refractivity (Wildman–Crippen MR) is 63.7 cm³/mol. The molecule has 1 heteroatoms. The lowest BCUT2D eigenvalue weighted by Crippen LogP contribution is -2.02. The summed E-state index contributed by atoms with van der Waals surface area (Å²) >= 11 is 0. The number of benzene rings is 1. The number of rotatable bonds is 1. The van der Waals surface area contributed by atoms with E-state index in [9.17, 15) is 0 Å². The van der Waals surface area contributed by atoms with E-state index in [1.807, 2.05) is 0 Å². The molecule has 2 aliphatic rings. The SMILES string of the molecule is C1=CC(C2=Nc3ccccc3C2)=CCC1. The molecule has 0 atom stereocenters. The maximum atomic E-state index is 4.67. The van der Waals surface area contributed by atoms with E-state index in [1.165, 1.54) is 23.3 Å². The van der Waals surface area contributed by atoms with E-state index in [0.29, 0.717) is 0 Å². The molecule has 0 radical (unpaired) electrons. The summed E-state index contributed by atoms with van der Waals surface area (Å²) in [4.78, 5) is 4.67. The molecule has 1 aromatic carbocycles. The van der Waals surface area contributed by atoms with Gasteiger partial charge in [-0.05, 0) is 30.0 Å². The number of para-hydroxylation sites is 1. The monoisotopic (exact) mass is 195 g/mol. The molecular weight excluding hydrogens is 182 g/mol. The Morgan fingerprint density at radius 1 is 1.07 bits per heavy atom. The fraction of sp³-hybridized carbons (Fsp3) is 0.214. The maximum Gasteiger partial charge on any atom is 0.0669 e. The van der Waals surface area contributed by atoms with Crippen LogP contribution in [0.1, 0.15) is 18.4 Å². The van der Waals surface area contributed by atoms with Gasteiger partial charge in [0.2, 0.25) is 0 Å². The Bertz CT molecular complexity index is 478. The van der Waals surface area contributed by atoms with E-state index in [4.69, 9.17) is 0 Å². The highest BCUT2D eigenvalue weighted by Gasteiger charge is 2.16. The minimum atomic E-state index is 0.992. The van der Waals surface area contributed by atoms with Crippen LogP contribution in [0.3, 0.4) is 0 Å². The number of aliphatic imine (C=N–C) groups is 1. The molecule has 1 nitrogen and oxygen atoms in total. The summed E-state index contributed by atoms with van der Waals surface area (Å²) in [6, 6.07) is 8.40. The first-order valence-electron chi connectivity index (χ1n) is 5.46.